The second-order valence-electron chi connectivity index (χ2n) is 3.44. The Labute approximate surface area is 71.9 Å². The number of ether oxygens (including phenoxy) is 1. The lowest BCUT2D eigenvalue weighted by molar-refractivity contribution is -0.134. The summed E-state index contributed by atoms with van der Waals surface area (Å²) in [4.78, 5) is 9.00. The fourth-order valence-corrected chi connectivity index (χ4v) is 1.43. The lowest BCUT2D eigenvalue weighted by atomic mass is 9.86. The number of carbonyl (C=O) groups is 1. The van der Waals surface area contributed by atoms with E-state index in [1.54, 1.807) is 0 Å². The van der Waals surface area contributed by atoms with Crippen LogP contribution in [-0.4, -0.2) is 37.4 Å². The molecule has 2 heterocycles. The summed E-state index contributed by atoms with van der Waals surface area (Å²) in [7, 11) is 0. The Bertz CT molecular complexity index is 154. The van der Waals surface area contributed by atoms with Crippen molar-refractivity contribution in [3.05, 3.63) is 0 Å². The molecule has 0 amide bonds. The molecule has 4 heteroatoms. The minimum absolute atomic E-state index is 0.583. The van der Waals surface area contributed by atoms with Gasteiger partial charge in [0.15, 0.2) is 0 Å². The predicted molar refractivity (Wildman–Crippen MR) is 44.0 cm³/mol. The lowest BCUT2D eigenvalue weighted by Gasteiger charge is -2.36. The number of rotatable bonds is 0. The molecule has 2 aliphatic heterocycles. The molecular weight excluding hydrogens is 158 g/mol. The van der Waals surface area contributed by atoms with Gasteiger partial charge in [-0.25, -0.2) is 0 Å². The van der Waals surface area contributed by atoms with Gasteiger partial charge in [-0.1, -0.05) is 0 Å². The van der Waals surface area contributed by atoms with Gasteiger partial charge >= 0.3 is 0 Å². The first-order chi connectivity index (χ1) is 5.65. The molecule has 2 rings (SSSR count). The second-order valence-corrected chi connectivity index (χ2v) is 3.44. The summed E-state index contributed by atoms with van der Waals surface area (Å²) in [6.45, 7) is 5.47. The van der Waals surface area contributed by atoms with E-state index >= 15 is 0 Å². The SMILES string of the molecule is C1CC2(CN1)COC2.CC(=O)O. The molecule has 4 nitrogen and oxygen atoms in total. The monoisotopic (exact) mass is 173 g/mol. The maximum absolute atomic E-state index is 9.00. The highest BCUT2D eigenvalue weighted by molar-refractivity contribution is 5.62. The first-order valence-electron chi connectivity index (χ1n) is 4.13. The van der Waals surface area contributed by atoms with Crippen LogP contribution in [0.4, 0.5) is 0 Å². The topological polar surface area (TPSA) is 58.6 Å². The summed E-state index contributed by atoms with van der Waals surface area (Å²) in [5, 5.41) is 10.8. The third kappa shape index (κ3) is 2.46. The highest BCUT2D eigenvalue weighted by Crippen LogP contribution is 2.32. The smallest absolute Gasteiger partial charge is 0.300 e. The van der Waals surface area contributed by atoms with Gasteiger partial charge in [0.1, 0.15) is 0 Å². The number of carboxylic acids is 1. The summed E-state index contributed by atoms with van der Waals surface area (Å²) < 4.78 is 5.12. The van der Waals surface area contributed by atoms with Crippen LogP contribution in [-0.2, 0) is 9.53 Å². The maximum Gasteiger partial charge on any atom is 0.300 e. The van der Waals surface area contributed by atoms with Crippen molar-refractivity contribution in [3.8, 4) is 0 Å². The van der Waals surface area contributed by atoms with Crippen molar-refractivity contribution >= 4 is 5.97 Å². The minimum Gasteiger partial charge on any atom is -0.481 e. The number of hydrogen-bond acceptors (Lipinski definition) is 3. The van der Waals surface area contributed by atoms with Crippen molar-refractivity contribution in [2.24, 2.45) is 5.41 Å². The van der Waals surface area contributed by atoms with Crippen molar-refractivity contribution < 1.29 is 14.6 Å². The predicted octanol–water partition coefficient (Wildman–Crippen LogP) is 0.0872. The first kappa shape index (κ1) is 9.48. The number of aliphatic carboxylic acids is 1. The zero-order valence-corrected chi connectivity index (χ0v) is 7.30. The molecule has 2 fully saturated rings. The van der Waals surface area contributed by atoms with Crippen LogP contribution in [0.15, 0.2) is 0 Å². The first-order valence-corrected chi connectivity index (χ1v) is 4.13. The molecule has 1 spiro atoms. The average Bonchev–Trinajstić information content (AvgIpc) is 2.30. The molecule has 0 aromatic rings. The lowest BCUT2D eigenvalue weighted by Crippen LogP contribution is -2.43. The molecule has 0 unspecified atom stereocenters. The van der Waals surface area contributed by atoms with Crippen LogP contribution in [0.3, 0.4) is 0 Å². The van der Waals surface area contributed by atoms with Crippen LogP contribution >= 0.6 is 0 Å². The standard InChI is InChI=1S/C6H11NO.C2H4O2/c1-2-7-3-6(1)4-8-5-6;1-2(3)4/h7H,1-5H2;1H3,(H,3,4). The van der Waals surface area contributed by atoms with E-state index in [1.807, 2.05) is 0 Å². The van der Waals surface area contributed by atoms with E-state index in [4.69, 9.17) is 14.6 Å². The van der Waals surface area contributed by atoms with Gasteiger partial charge in [-0.05, 0) is 13.0 Å². The molecule has 0 radical (unpaired) electrons. The highest BCUT2D eigenvalue weighted by Gasteiger charge is 2.40. The molecular formula is C8H15NO3. The van der Waals surface area contributed by atoms with E-state index in [1.165, 1.54) is 19.5 Å². The van der Waals surface area contributed by atoms with Gasteiger partial charge in [0.2, 0.25) is 0 Å². The molecule has 2 N–H and O–H groups in total. The van der Waals surface area contributed by atoms with E-state index in [2.05, 4.69) is 5.32 Å². The Hall–Kier alpha value is -0.610. The third-order valence-corrected chi connectivity index (χ3v) is 2.15. The van der Waals surface area contributed by atoms with Crippen LogP contribution in [0.5, 0.6) is 0 Å². The average molecular weight is 173 g/mol. The highest BCUT2D eigenvalue weighted by atomic mass is 16.5. The van der Waals surface area contributed by atoms with Gasteiger partial charge in [-0.15, -0.1) is 0 Å². The summed E-state index contributed by atoms with van der Waals surface area (Å²) in [6, 6.07) is 0. The third-order valence-electron chi connectivity index (χ3n) is 2.15. The van der Waals surface area contributed by atoms with E-state index in [9.17, 15) is 0 Å². The second kappa shape index (κ2) is 3.87. The number of nitrogens with one attached hydrogen (secondary N) is 1. The van der Waals surface area contributed by atoms with Gasteiger partial charge in [0.05, 0.1) is 13.2 Å². The Kier molecular flexibility index (Phi) is 3.05. The molecule has 2 aliphatic rings. The van der Waals surface area contributed by atoms with E-state index in [-0.39, 0.29) is 0 Å². The molecule has 0 aliphatic carbocycles. The summed E-state index contributed by atoms with van der Waals surface area (Å²) in [5.41, 5.74) is 0.583. The van der Waals surface area contributed by atoms with E-state index in [0.29, 0.717) is 5.41 Å². The van der Waals surface area contributed by atoms with Gasteiger partial charge in [-0.2, -0.15) is 0 Å². The summed E-state index contributed by atoms with van der Waals surface area (Å²) >= 11 is 0. The molecule has 12 heavy (non-hydrogen) atoms. The Morgan fingerprint density at radius 2 is 2.17 bits per heavy atom. The van der Waals surface area contributed by atoms with Crippen LogP contribution in [0.2, 0.25) is 0 Å². The fourth-order valence-electron chi connectivity index (χ4n) is 1.43. The minimum atomic E-state index is -0.833. The van der Waals surface area contributed by atoms with Crippen molar-refractivity contribution in [2.75, 3.05) is 26.3 Å². The Morgan fingerprint density at radius 3 is 2.33 bits per heavy atom. The van der Waals surface area contributed by atoms with Gasteiger partial charge in [-0.3, -0.25) is 4.79 Å². The molecule has 0 bridgehead atoms. The Balaban J connectivity index is 0.000000157. The molecule has 0 saturated carbocycles. The van der Waals surface area contributed by atoms with E-state index < -0.39 is 5.97 Å². The van der Waals surface area contributed by atoms with Gasteiger partial charge in [0, 0.05) is 18.9 Å². The molecule has 0 atom stereocenters. The summed E-state index contributed by atoms with van der Waals surface area (Å²) in [6.07, 6.45) is 1.33. The quantitative estimate of drug-likeness (QED) is 0.545. The molecule has 2 saturated heterocycles. The molecule has 70 valence electrons. The zero-order chi connectivity index (χ0) is 9.03. The van der Waals surface area contributed by atoms with Crippen molar-refractivity contribution in [2.45, 2.75) is 13.3 Å². The largest absolute Gasteiger partial charge is 0.481 e. The van der Waals surface area contributed by atoms with E-state index in [0.717, 1.165) is 20.1 Å². The van der Waals surface area contributed by atoms with Crippen molar-refractivity contribution in [1.82, 2.24) is 5.32 Å². The molecule has 0 aromatic heterocycles. The van der Waals surface area contributed by atoms with Crippen LogP contribution in [0.1, 0.15) is 13.3 Å². The number of carboxylic acid groups (broad SMARTS) is 1. The van der Waals surface area contributed by atoms with Crippen molar-refractivity contribution in [1.29, 1.82) is 0 Å². The van der Waals surface area contributed by atoms with Gasteiger partial charge < -0.3 is 15.2 Å². The van der Waals surface area contributed by atoms with Crippen LogP contribution < -0.4 is 5.32 Å². The Morgan fingerprint density at radius 1 is 1.58 bits per heavy atom. The van der Waals surface area contributed by atoms with Crippen molar-refractivity contribution in [3.63, 3.8) is 0 Å². The number of hydrogen-bond donors (Lipinski definition) is 2. The summed E-state index contributed by atoms with van der Waals surface area (Å²) in [5.74, 6) is -0.833. The molecule has 0 aromatic carbocycles. The normalized spacial score (nSPS) is 24.1. The van der Waals surface area contributed by atoms with Gasteiger partial charge in [0.25, 0.3) is 5.97 Å². The fraction of sp³-hybridized carbons (Fsp3) is 0.875. The maximum atomic E-state index is 9.00. The van der Waals surface area contributed by atoms with Crippen LogP contribution in [0.25, 0.3) is 0 Å². The zero-order valence-electron chi connectivity index (χ0n) is 7.30. The van der Waals surface area contributed by atoms with Crippen LogP contribution in [0, 0.1) is 5.41 Å².